The van der Waals surface area contributed by atoms with Crippen LogP contribution in [0.1, 0.15) is 16.2 Å². The number of pyridine rings is 1. The fraction of sp³-hybridized carbons (Fsp3) is 0.0500. The molecular formula is C20H12F3N7OS. The molecule has 32 heavy (non-hydrogen) atoms. The molecule has 12 heteroatoms. The fourth-order valence-corrected chi connectivity index (χ4v) is 3.75. The highest BCUT2D eigenvalue weighted by Crippen LogP contribution is 2.32. The van der Waals surface area contributed by atoms with E-state index in [1.54, 1.807) is 46.3 Å². The summed E-state index contributed by atoms with van der Waals surface area (Å²) in [6.45, 7) is 0. The largest absolute Gasteiger partial charge is 0.416 e. The van der Waals surface area contributed by atoms with E-state index in [2.05, 4.69) is 25.6 Å². The Balaban J connectivity index is 1.55. The summed E-state index contributed by atoms with van der Waals surface area (Å²) in [5.74, 6) is -0.487. The minimum atomic E-state index is -4.52. The molecule has 0 spiro atoms. The number of hydrogen-bond donors (Lipinski definition) is 1. The number of thiophene rings is 1. The predicted molar refractivity (Wildman–Crippen MR) is 111 cm³/mol. The molecule has 5 aromatic rings. The van der Waals surface area contributed by atoms with Gasteiger partial charge in [0.15, 0.2) is 11.5 Å². The van der Waals surface area contributed by atoms with E-state index in [1.807, 2.05) is 0 Å². The van der Waals surface area contributed by atoms with Crippen LogP contribution in [0.25, 0.3) is 22.0 Å². The van der Waals surface area contributed by atoms with Crippen LogP contribution < -0.4 is 5.32 Å². The van der Waals surface area contributed by atoms with E-state index in [0.29, 0.717) is 10.5 Å². The first-order valence-corrected chi connectivity index (χ1v) is 10.1. The lowest BCUT2D eigenvalue weighted by Gasteiger charge is -2.09. The molecule has 0 unspecified atom stereocenters. The third kappa shape index (κ3) is 3.60. The van der Waals surface area contributed by atoms with Crippen molar-refractivity contribution in [3.8, 4) is 16.4 Å². The number of carbonyl (C=O) groups is 1. The van der Waals surface area contributed by atoms with Crippen molar-refractivity contribution in [2.45, 2.75) is 6.18 Å². The van der Waals surface area contributed by atoms with E-state index in [9.17, 15) is 18.0 Å². The first kappa shape index (κ1) is 19.9. The molecule has 5 rings (SSSR count). The van der Waals surface area contributed by atoms with Gasteiger partial charge in [0.2, 0.25) is 11.8 Å². The highest BCUT2D eigenvalue weighted by Gasteiger charge is 2.31. The van der Waals surface area contributed by atoms with Gasteiger partial charge in [0, 0.05) is 6.20 Å². The van der Waals surface area contributed by atoms with E-state index >= 15 is 0 Å². The zero-order chi connectivity index (χ0) is 22.3. The average Bonchev–Trinajstić information content (AvgIpc) is 3.53. The van der Waals surface area contributed by atoms with Crippen molar-refractivity contribution >= 4 is 28.8 Å². The Bertz CT molecular complexity index is 1420. The Labute approximate surface area is 182 Å². The molecule has 0 radical (unpaired) electrons. The number of nitrogens with zero attached hydrogens (tertiary/aromatic N) is 6. The van der Waals surface area contributed by atoms with Gasteiger partial charge in [-0.05, 0) is 41.8 Å². The maximum Gasteiger partial charge on any atom is 0.416 e. The molecule has 0 fully saturated rings. The number of alkyl halides is 3. The minimum Gasteiger partial charge on any atom is -0.287 e. The molecule has 4 heterocycles. The van der Waals surface area contributed by atoms with Crippen molar-refractivity contribution in [3.63, 3.8) is 0 Å². The number of anilines is 1. The normalized spacial score (nSPS) is 11.7. The van der Waals surface area contributed by atoms with Crippen LogP contribution in [0, 0.1) is 0 Å². The Kier molecular flexibility index (Phi) is 4.70. The molecule has 0 bridgehead atoms. The predicted octanol–water partition coefficient (Wildman–Crippen LogP) is 4.31. The van der Waals surface area contributed by atoms with Crippen molar-refractivity contribution in [1.29, 1.82) is 0 Å². The molecule has 0 saturated carbocycles. The van der Waals surface area contributed by atoms with E-state index in [4.69, 9.17) is 0 Å². The van der Waals surface area contributed by atoms with E-state index in [0.717, 1.165) is 12.1 Å². The molecule has 0 aliphatic carbocycles. The molecule has 0 aliphatic rings. The van der Waals surface area contributed by atoms with Gasteiger partial charge in [0.05, 0.1) is 16.1 Å². The topological polar surface area (TPSA) is 90.0 Å². The number of aromatic nitrogens is 6. The van der Waals surface area contributed by atoms with E-state index in [1.165, 1.54) is 28.2 Å². The molecular weight excluding hydrogens is 443 g/mol. The van der Waals surface area contributed by atoms with Gasteiger partial charge in [-0.1, -0.05) is 18.2 Å². The van der Waals surface area contributed by atoms with Crippen molar-refractivity contribution in [3.05, 3.63) is 77.6 Å². The molecule has 0 aliphatic heterocycles. The van der Waals surface area contributed by atoms with Gasteiger partial charge in [-0.25, -0.2) is 9.67 Å². The highest BCUT2D eigenvalue weighted by molar-refractivity contribution is 7.13. The van der Waals surface area contributed by atoms with Crippen molar-refractivity contribution in [1.82, 2.24) is 29.4 Å². The zero-order valence-corrected chi connectivity index (χ0v) is 16.8. The second-order valence-corrected chi connectivity index (χ2v) is 7.55. The second-order valence-electron chi connectivity index (χ2n) is 6.60. The maximum absolute atomic E-state index is 13.2. The van der Waals surface area contributed by atoms with Crippen LogP contribution in [0.15, 0.2) is 66.2 Å². The number of amides is 1. The fourth-order valence-electron chi connectivity index (χ4n) is 3.05. The standard InChI is InChI=1S/C20H12F3N7OS/c21-20(22,23)12-5-3-6-13(11-12)30-17(14-7-4-10-32-14)24-16(28-30)18(31)25-19-27-26-15-8-1-2-9-29(15)19/h1-11H,(H,25,27,31). The summed E-state index contributed by atoms with van der Waals surface area (Å²) in [5.41, 5.74) is -0.171. The van der Waals surface area contributed by atoms with Crippen molar-refractivity contribution in [2.75, 3.05) is 5.32 Å². The van der Waals surface area contributed by atoms with Crippen LogP contribution >= 0.6 is 11.3 Å². The van der Waals surface area contributed by atoms with Crippen LogP contribution in [0.5, 0.6) is 0 Å². The van der Waals surface area contributed by atoms with Crippen LogP contribution in [-0.4, -0.2) is 35.3 Å². The molecule has 0 saturated heterocycles. The lowest BCUT2D eigenvalue weighted by Crippen LogP contribution is -2.16. The Morgan fingerprint density at radius 1 is 1.03 bits per heavy atom. The summed E-state index contributed by atoms with van der Waals surface area (Å²) in [7, 11) is 0. The first-order valence-electron chi connectivity index (χ1n) is 9.20. The maximum atomic E-state index is 13.2. The monoisotopic (exact) mass is 455 g/mol. The highest BCUT2D eigenvalue weighted by atomic mass is 32.1. The van der Waals surface area contributed by atoms with Crippen LogP contribution in [-0.2, 0) is 6.18 Å². The number of nitrogens with one attached hydrogen (secondary N) is 1. The number of hydrogen-bond acceptors (Lipinski definition) is 6. The summed E-state index contributed by atoms with van der Waals surface area (Å²) < 4.78 is 42.4. The smallest absolute Gasteiger partial charge is 0.287 e. The zero-order valence-electron chi connectivity index (χ0n) is 16.0. The van der Waals surface area contributed by atoms with Gasteiger partial charge in [0.1, 0.15) is 0 Å². The van der Waals surface area contributed by atoms with Crippen LogP contribution in [0.4, 0.5) is 19.1 Å². The van der Waals surface area contributed by atoms with Gasteiger partial charge in [-0.2, -0.15) is 13.2 Å². The van der Waals surface area contributed by atoms with Gasteiger partial charge in [0.25, 0.3) is 5.91 Å². The summed E-state index contributed by atoms with van der Waals surface area (Å²) in [4.78, 5) is 17.8. The lowest BCUT2D eigenvalue weighted by molar-refractivity contribution is -0.137. The summed E-state index contributed by atoms with van der Waals surface area (Å²) in [6, 6.07) is 13.4. The lowest BCUT2D eigenvalue weighted by atomic mass is 10.2. The average molecular weight is 455 g/mol. The summed E-state index contributed by atoms with van der Waals surface area (Å²) in [5, 5.41) is 16.5. The van der Waals surface area contributed by atoms with Crippen molar-refractivity contribution < 1.29 is 18.0 Å². The Morgan fingerprint density at radius 3 is 2.69 bits per heavy atom. The molecule has 1 amide bonds. The van der Waals surface area contributed by atoms with Crippen LogP contribution in [0.3, 0.4) is 0 Å². The SMILES string of the molecule is O=C(Nc1nnc2ccccn12)c1nc(-c2cccs2)n(-c2cccc(C(F)(F)F)c2)n1. The Morgan fingerprint density at radius 2 is 1.91 bits per heavy atom. The summed E-state index contributed by atoms with van der Waals surface area (Å²) in [6.07, 6.45) is -2.84. The number of carbonyl (C=O) groups excluding carboxylic acids is 1. The number of fused-ring (bicyclic) bond motifs is 1. The molecule has 1 aromatic carbocycles. The third-order valence-corrected chi connectivity index (χ3v) is 5.37. The van der Waals surface area contributed by atoms with Gasteiger partial charge >= 0.3 is 6.18 Å². The quantitative estimate of drug-likeness (QED) is 0.436. The molecule has 0 atom stereocenters. The summed E-state index contributed by atoms with van der Waals surface area (Å²) >= 11 is 1.32. The third-order valence-electron chi connectivity index (χ3n) is 4.51. The first-order chi connectivity index (χ1) is 15.4. The number of halogens is 3. The van der Waals surface area contributed by atoms with Crippen LogP contribution in [0.2, 0.25) is 0 Å². The molecule has 160 valence electrons. The van der Waals surface area contributed by atoms with Crippen molar-refractivity contribution in [2.24, 2.45) is 0 Å². The van der Waals surface area contributed by atoms with Gasteiger partial charge < -0.3 is 0 Å². The van der Waals surface area contributed by atoms with E-state index < -0.39 is 17.6 Å². The van der Waals surface area contributed by atoms with Gasteiger partial charge in [-0.3, -0.25) is 14.5 Å². The molecule has 1 N–H and O–H groups in total. The second kappa shape index (κ2) is 7.57. The number of benzene rings is 1. The van der Waals surface area contributed by atoms with Gasteiger partial charge in [-0.15, -0.1) is 26.6 Å². The molecule has 4 aromatic heterocycles. The minimum absolute atomic E-state index is 0.128. The van der Waals surface area contributed by atoms with E-state index in [-0.39, 0.29) is 23.3 Å². The Hall–Kier alpha value is -4.06. The molecule has 8 nitrogen and oxygen atoms in total. The number of rotatable bonds is 4.